The second-order valence-electron chi connectivity index (χ2n) is 8.19. The Labute approximate surface area is 179 Å². The number of aliphatic hydroxyl groups excluding tert-OH is 1. The highest BCUT2D eigenvalue weighted by Gasteiger charge is 2.46. The lowest BCUT2D eigenvalue weighted by Crippen LogP contribution is -2.60. The number of aliphatic hydroxyl groups is 1. The predicted octanol–water partition coefficient (Wildman–Crippen LogP) is 2.03. The van der Waals surface area contributed by atoms with E-state index in [2.05, 4.69) is 35.2 Å². The van der Waals surface area contributed by atoms with Crippen LogP contribution in [0, 0.1) is 5.41 Å². The van der Waals surface area contributed by atoms with E-state index in [1.807, 2.05) is 11.8 Å². The highest BCUT2D eigenvalue weighted by molar-refractivity contribution is 5.77. The number of benzene rings is 1. The van der Waals surface area contributed by atoms with Crippen LogP contribution in [0.4, 0.5) is 0 Å². The first-order valence-corrected chi connectivity index (χ1v) is 10.9. The Hall–Kier alpha value is -1.96. The number of amides is 1. The average Bonchev–Trinajstić information content (AvgIpc) is 2.76. The maximum absolute atomic E-state index is 12.4. The number of rotatable bonds is 7. The monoisotopic (exact) mass is 420 g/mol. The molecule has 2 N–H and O–H groups in total. The largest absolute Gasteiger partial charge is 0.483 e. The first-order chi connectivity index (χ1) is 14.5. The Morgan fingerprint density at radius 3 is 2.70 bits per heavy atom. The summed E-state index contributed by atoms with van der Waals surface area (Å²) in [5, 5.41) is 17.7. The molecule has 2 fully saturated rings. The van der Waals surface area contributed by atoms with Crippen molar-refractivity contribution < 1.29 is 24.5 Å². The predicted molar refractivity (Wildman–Crippen MR) is 115 cm³/mol. The summed E-state index contributed by atoms with van der Waals surface area (Å²) in [6, 6.07) is 10.6. The van der Waals surface area contributed by atoms with Crippen LogP contribution in [0.5, 0.6) is 0 Å². The number of carbonyl (C=O) groups is 2. The molecule has 1 aromatic rings. The molecule has 2 aliphatic rings. The van der Waals surface area contributed by atoms with Gasteiger partial charge in [-0.2, -0.15) is 0 Å². The lowest BCUT2D eigenvalue weighted by Gasteiger charge is -2.51. The van der Waals surface area contributed by atoms with Gasteiger partial charge in [0.25, 0.3) is 6.47 Å². The van der Waals surface area contributed by atoms with Crippen LogP contribution in [0.1, 0.15) is 38.2 Å². The fraction of sp³-hybridized carbons (Fsp3) is 0.652. The van der Waals surface area contributed by atoms with Gasteiger partial charge in [-0.25, -0.2) is 0 Å². The van der Waals surface area contributed by atoms with Crippen molar-refractivity contribution in [2.75, 3.05) is 45.9 Å². The Morgan fingerprint density at radius 1 is 1.27 bits per heavy atom. The SMILES string of the molecule is CCOCC(=O)N1CCC[C@@]2(CN(CCCc3ccccc3)CC[C@H]2O)C1.O=CO. The molecule has 0 aromatic heterocycles. The van der Waals surface area contributed by atoms with Crippen LogP contribution in [-0.4, -0.2) is 84.4 Å². The molecule has 0 aliphatic carbocycles. The van der Waals surface area contributed by atoms with E-state index in [0.717, 1.165) is 58.3 Å². The van der Waals surface area contributed by atoms with Gasteiger partial charge < -0.3 is 24.7 Å². The third kappa shape index (κ3) is 7.07. The van der Waals surface area contributed by atoms with Crippen LogP contribution in [0.3, 0.4) is 0 Å². The van der Waals surface area contributed by atoms with Gasteiger partial charge >= 0.3 is 0 Å². The number of hydrogen-bond donors (Lipinski definition) is 2. The third-order valence-electron chi connectivity index (χ3n) is 6.14. The first-order valence-electron chi connectivity index (χ1n) is 10.9. The zero-order chi connectivity index (χ0) is 21.8. The maximum Gasteiger partial charge on any atom is 0.290 e. The van der Waals surface area contributed by atoms with E-state index in [-0.39, 0.29) is 30.5 Å². The summed E-state index contributed by atoms with van der Waals surface area (Å²) in [6.45, 7) is 6.71. The van der Waals surface area contributed by atoms with Gasteiger partial charge in [0.05, 0.1) is 6.10 Å². The fourth-order valence-corrected chi connectivity index (χ4v) is 4.64. The molecule has 1 spiro atoms. The number of ether oxygens (including phenoxy) is 1. The van der Waals surface area contributed by atoms with E-state index >= 15 is 0 Å². The van der Waals surface area contributed by atoms with Crippen LogP contribution in [-0.2, 0) is 20.7 Å². The molecule has 0 unspecified atom stereocenters. The number of carbonyl (C=O) groups excluding carboxylic acids is 1. The molecule has 0 saturated carbocycles. The van der Waals surface area contributed by atoms with Crippen LogP contribution < -0.4 is 0 Å². The molecule has 3 rings (SSSR count). The summed E-state index contributed by atoms with van der Waals surface area (Å²) in [4.78, 5) is 25.2. The number of aryl methyl sites for hydroxylation is 1. The standard InChI is InChI=1S/C22H34N2O3.CH2O2/c1-2-27-16-21(26)24-14-7-12-22(18-24)17-23(15-11-20(22)25)13-6-10-19-8-4-3-5-9-19;2-1-3/h3-5,8-9,20,25H,2,6-7,10-18H2,1H3;1H,(H,2,3)/t20-,22-;/m1./s1. The van der Waals surface area contributed by atoms with E-state index < -0.39 is 0 Å². The number of carboxylic acid groups (broad SMARTS) is 1. The molecule has 2 aliphatic heterocycles. The normalized spacial score (nSPS) is 24.2. The lowest BCUT2D eigenvalue weighted by atomic mass is 9.71. The summed E-state index contributed by atoms with van der Waals surface area (Å²) in [5.74, 6) is 0.0596. The summed E-state index contributed by atoms with van der Waals surface area (Å²) in [7, 11) is 0. The maximum atomic E-state index is 12.4. The Kier molecular flexibility index (Phi) is 10.3. The molecule has 168 valence electrons. The van der Waals surface area contributed by atoms with Crippen LogP contribution in [0.15, 0.2) is 30.3 Å². The second-order valence-corrected chi connectivity index (χ2v) is 8.19. The second kappa shape index (κ2) is 12.7. The number of hydrogen-bond acceptors (Lipinski definition) is 5. The minimum Gasteiger partial charge on any atom is -0.483 e. The molecular formula is C23H36N2O5. The Morgan fingerprint density at radius 2 is 2.00 bits per heavy atom. The summed E-state index contributed by atoms with van der Waals surface area (Å²) in [6.07, 6.45) is 4.67. The molecule has 0 radical (unpaired) electrons. The topological polar surface area (TPSA) is 90.3 Å². The highest BCUT2D eigenvalue weighted by atomic mass is 16.5. The Balaban J connectivity index is 0.00000101. The molecule has 30 heavy (non-hydrogen) atoms. The molecular weight excluding hydrogens is 384 g/mol. The van der Waals surface area contributed by atoms with Gasteiger partial charge in [-0.1, -0.05) is 30.3 Å². The highest BCUT2D eigenvalue weighted by Crippen LogP contribution is 2.39. The summed E-state index contributed by atoms with van der Waals surface area (Å²) >= 11 is 0. The van der Waals surface area contributed by atoms with E-state index in [1.165, 1.54) is 5.56 Å². The quantitative estimate of drug-likeness (QED) is 0.656. The number of likely N-dealkylation sites (tertiary alicyclic amines) is 2. The van der Waals surface area contributed by atoms with Crippen LogP contribution >= 0.6 is 0 Å². The minimum atomic E-state index is -0.314. The molecule has 1 aromatic carbocycles. The van der Waals surface area contributed by atoms with Gasteiger partial charge in [0.2, 0.25) is 5.91 Å². The van der Waals surface area contributed by atoms with Crippen molar-refractivity contribution >= 4 is 12.4 Å². The molecule has 2 atom stereocenters. The van der Waals surface area contributed by atoms with E-state index in [1.54, 1.807) is 0 Å². The van der Waals surface area contributed by atoms with Crippen molar-refractivity contribution in [1.29, 1.82) is 0 Å². The summed E-state index contributed by atoms with van der Waals surface area (Å²) in [5.41, 5.74) is 1.21. The zero-order valence-electron chi connectivity index (χ0n) is 18.0. The van der Waals surface area contributed by atoms with Crippen molar-refractivity contribution in [1.82, 2.24) is 9.80 Å². The lowest BCUT2D eigenvalue weighted by molar-refractivity contribution is -0.145. The summed E-state index contributed by atoms with van der Waals surface area (Å²) < 4.78 is 5.30. The molecule has 2 heterocycles. The van der Waals surface area contributed by atoms with Crippen molar-refractivity contribution in [3.05, 3.63) is 35.9 Å². The molecule has 0 bridgehead atoms. The van der Waals surface area contributed by atoms with E-state index in [9.17, 15) is 9.90 Å². The van der Waals surface area contributed by atoms with Crippen molar-refractivity contribution in [3.8, 4) is 0 Å². The molecule has 7 nitrogen and oxygen atoms in total. The van der Waals surface area contributed by atoms with Crippen LogP contribution in [0.2, 0.25) is 0 Å². The first kappa shape index (κ1) is 24.3. The molecule has 2 saturated heterocycles. The van der Waals surface area contributed by atoms with Gasteiger partial charge in [0, 0.05) is 38.2 Å². The smallest absolute Gasteiger partial charge is 0.290 e. The van der Waals surface area contributed by atoms with E-state index in [0.29, 0.717) is 13.2 Å². The zero-order valence-corrected chi connectivity index (χ0v) is 18.0. The van der Waals surface area contributed by atoms with Gasteiger partial charge in [-0.15, -0.1) is 0 Å². The van der Waals surface area contributed by atoms with Crippen molar-refractivity contribution in [2.45, 2.75) is 45.1 Å². The number of nitrogens with zero attached hydrogens (tertiary/aromatic N) is 2. The van der Waals surface area contributed by atoms with Gasteiger partial charge in [0.1, 0.15) is 6.61 Å². The third-order valence-corrected chi connectivity index (χ3v) is 6.14. The van der Waals surface area contributed by atoms with Crippen LogP contribution in [0.25, 0.3) is 0 Å². The van der Waals surface area contributed by atoms with Gasteiger partial charge in [-0.05, 0) is 51.1 Å². The average molecular weight is 421 g/mol. The molecule has 1 amide bonds. The van der Waals surface area contributed by atoms with E-state index in [4.69, 9.17) is 14.6 Å². The minimum absolute atomic E-state index is 0.0596. The van der Waals surface area contributed by atoms with Crippen molar-refractivity contribution in [3.63, 3.8) is 0 Å². The van der Waals surface area contributed by atoms with Gasteiger partial charge in [-0.3, -0.25) is 9.59 Å². The molecule has 7 heteroatoms. The van der Waals surface area contributed by atoms with Gasteiger partial charge in [0.15, 0.2) is 0 Å². The Bertz CT molecular complexity index is 642. The number of piperidine rings is 2. The fourth-order valence-electron chi connectivity index (χ4n) is 4.64. The van der Waals surface area contributed by atoms with Crippen molar-refractivity contribution in [2.24, 2.45) is 5.41 Å².